The molecule has 3 aliphatic rings. The molecule has 3 unspecified atom stereocenters. The monoisotopic (exact) mass is 311 g/mol. The second-order valence-corrected chi connectivity index (χ2v) is 7.33. The lowest BCUT2D eigenvalue weighted by atomic mass is 9.96. The Morgan fingerprint density at radius 1 is 1.26 bits per heavy atom. The highest BCUT2D eigenvalue weighted by atomic mass is 16.3. The number of nitrogens with one attached hydrogen (secondary N) is 1. The first-order valence-corrected chi connectivity index (χ1v) is 8.68. The van der Waals surface area contributed by atoms with Gasteiger partial charge in [0.1, 0.15) is 5.52 Å². The van der Waals surface area contributed by atoms with Gasteiger partial charge in [0.15, 0.2) is 11.5 Å². The maximum absolute atomic E-state index is 12.6. The summed E-state index contributed by atoms with van der Waals surface area (Å²) in [6.07, 6.45) is 4.72. The quantitative estimate of drug-likeness (QED) is 0.946. The highest BCUT2D eigenvalue weighted by Gasteiger charge is 2.33. The maximum Gasteiger partial charge on any atom is 0.251 e. The third kappa shape index (κ3) is 2.53. The first-order valence-electron chi connectivity index (χ1n) is 8.68. The zero-order chi connectivity index (χ0) is 15.4. The molecule has 3 fully saturated rings. The normalized spacial score (nSPS) is 29.8. The second-order valence-electron chi connectivity index (χ2n) is 7.33. The van der Waals surface area contributed by atoms with Crippen molar-refractivity contribution in [3.05, 3.63) is 29.7 Å². The van der Waals surface area contributed by atoms with Gasteiger partial charge in [0.25, 0.3) is 5.91 Å². The zero-order valence-corrected chi connectivity index (χ0v) is 13.1. The number of fused-ring (bicyclic) bond motifs is 3. The third-order valence-corrected chi connectivity index (χ3v) is 5.40. The van der Waals surface area contributed by atoms with Crippen LogP contribution < -0.4 is 5.32 Å². The van der Waals surface area contributed by atoms with E-state index in [2.05, 4.69) is 15.2 Å². The summed E-state index contributed by atoms with van der Waals surface area (Å²) in [5.74, 6) is 2.08. The summed E-state index contributed by atoms with van der Waals surface area (Å²) in [6.45, 7) is 3.38. The van der Waals surface area contributed by atoms with Crippen molar-refractivity contribution in [1.29, 1.82) is 0 Å². The molecule has 23 heavy (non-hydrogen) atoms. The largest absolute Gasteiger partial charge is 0.440 e. The van der Waals surface area contributed by atoms with Crippen LogP contribution in [0.5, 0.6) is 0 Å². The summed E-state index contributed by atoms with van der Waals surface area (Å²) in [6, 6.07) is 5.86. The molecule has 2 bridgehead atoms. The number of carbonyl (C=O) groups excluding carboxylic acids is 1. The molecular formula is C18H21N3O2. The van der Waals surface area contributed by atoms with Gasteiger partial charge in [-0.25, -0.2) is 4.98 Å². The minimum absolute atomic E-state index is 0.00349. The van der Waals surface area contributed by atoms with Crippen molar-refractivity contribution < 1.29 is 9.21 Å². The molecule has 1 N–H and O–H groups in total. The van der Waals surface area contributed by atoms with Gasteiger partial charge in [-0.15, -0.1) is 0 Å². The van der Waals surface area contributed by atoms with Crippen molar-refractivity contribution in [2.75, 3.05) is 19.6 Å². The van der Waals surface area contributed by atoms with E-state index < -0.39 is 0 Å². The molecule has 5 nitrogen and oxygen atoms in total. The van der Waals surface area contributed by atoms with Crippen LogP contribution in [-0.4, -0.2) is 41.5 Å². The van der Waals surface area contributed by atoms with Gasteiger partial charge in [0, 0.05) is 30.6 Å². The van der Waals surface area contributed by atoms with E-state index in [0.29, 0.717) is 11.5 Å². The molecule has 5 rings (SSSR count). The first-order chi connectivity index (χ1) is 11.2. The molecule has 1 aliphatic carbocycles. The van der Waals surface area contributed by atoms with E-state index in [1.165, 1.54) is 32.4 Å². The fraction of sp³-hybridized carbons (Fsp3) is 0.556. The van der Waals surface area contributed by atoms with Gasteiger partial charge in [-0.1, -0.05) is 0 Å². The number of nitrogens with zero attached hydrogens (tertiary/aromatic N) is 2. The Kier molecular flexibility index (Phi) is 2.98. The fourth-order valence-corrected chi connectivity index (χ4v) is 4.02. The van der Waals surface area contributed by atoms with Gasteiger partial charge in [0.2, 0.25) is 0 Å². The van der Waals surface area contributed by atoms with Gasteiger partial charge in [-0.2, -0.15) is 0 Å². The lowest BCUT2D eigenvalue weighted by Crippen LogP contribution is -2.47. The number of hydrogen-bond donors (Lipinski definition) is 1. The summed E-state index contributed by atoms with van der Waals surface area (Å²) in [4.78, 5) is 19.5. The molecule has 2 aliphatic heterocycles. The molecule has 3 heterocycles. The highest BCUT2D eigenvalue weighted by molar-refractivity contribution is 5.97. The number of hydrogen-bond acceptors (Lipinski definition) is 4. The van der Waals surface area contributed by atoms with E-state index in [-0.39, 0.29) is 11.9 Å². The van der Waals surface area contributed by atoms with Gasteiger partial charge in [-0.05, 0) is 56.3 Å². The average Bonchev–Trinajstić information content (AvgIpc) is 3.23. The van der Waals surface area contributed by atoms with E-state index in [9.17, 15) is 4.79 Å². The lowest BCUT2D eigenvalue weighted by molar-refractivity contribution is 0.0909. The van der Waals surface area contributed by atoms with Gasteiger partial charge >= 0.3 is 0 Å². The number of oxazole rings is 1. The molecular weight excluding hydrogens is 290 g/mol. The number of amides is 1. The van der Waals surface area contributed by atoms with Crippen molar-refractivity contribution >= 4 is 17.0 Å². The Morgan fingerprint density at radius 2 is 2.17 bits per heavy atom. The van der Waals surface area contributed by atoms with E-state index in [1.54, 1.807) is 0 Å². The standard InChI is InChI=1S/C18H21N3O2/c22-17(19-14-7-11-5-6-21(9-11)10-14)13-3-4-15-16(8-13)23-18(20-15)12-1-2-12/h3-4,8,11-12,14H,1-2,5-7,9-10H2,(H,19,22). The molecule has 2 aromatic rings. The minimum atomic E-state index is 0.00349. The van der Waals surface area contributed by atoms with Crippen molar-refractivity contribution in [2.45, 2.75) is 37.6 Å². The van der Waals surface area contributed by atoms with Crippen LogP contribution in [0.25, 0.3) is 11.1 Å². The second kappa shape index (κ2) is 5.06. The Hall–Kier alpha value is -1.88. The van der Waals surface area contributed by atoms with Gasteiger partial charge in [-0.3, -0.25) is 4.79 Å². The minimum Gasteiger partial charge on any atom is -0.440 e. The highest BCUT2D eigenvalue weighted by Crippen LogP contribution is 2.40. The van der Waals surface area contributed by atoms with Crippen LogP contribution in [0.3, 0.4) is 0 Å². The molecule has 2 saturated heterocycles. The lowest BCUT2D eigenvalue weighted by Gasteiger charge is -2.30. The van der Waals surface area contributed by atoms with Crippen LogP contribution in [0, 0.1) is 5.92 Å². The number of piperidine rings is 1. The Morgan fingerprint density at radius 3 is 3.00 bits per heavy atom. The van der Waals surface area contributed by atoms with Crippen LogP contribution in [0.1, 0.15) is 47.8 Å². The maximum atomic E-state index is 12.6. The van der Waals surface area contributed by atoms with E-state index in [4.69, 9.17) is 4.42 Å². The summed E-state index contributed by atoms with van der Waals surface area (Å²) in [7, 11) is 0. The number of aromatic nitrogens is 1. The number of rotatable bonds is 3. The molecule has 1 aromatic carbocycles. The van der Waals surface area contributed by atoms with Crippen LogP contribution in [-0.2, 0) is 0 Å². The molecule has 1 saturated carbocycles. The molecule has 1 aromatic heterocycles. The summed E-state index contributed by atoms with van der Waals surface area (Å²) in [5, 5.41) is 3.20. The van der Waals surface area contributed by atoms with E-state index >= 15 is 0 Å². The Balaban J connectivity index is 1.33. The van der Waals surface area contributed by atoms with Crippen molar-refractivity contribution in [3.63, 3.8) is 0 Å². The van der Waals surface area contributed by atoms with Gasteiger partial charge < -0.3 is 14.6 Å². The number of carbonyl (C=O) groups is 1. The summed E-state index contributed by atoms with van der Waals surface area (Å²) in [5.41, 5.74) is 2.25. The number of benzene rings is 1. The van der Waals surface area contributed by atoms with Crippen molar-refractivity contribution in [2.24, 2.45) is 5.92 Å². The van der Waals surface area contributed by atoms with Gasteiger partial charge in [0.05, 0.1) is 0 Å². The van der Waals surface area contributed by atoms with E-state index in [0.717, 1.165) is 35.9 Å². The molecule has 0 radical (unpaired) electrons. The van der Waals surface area contributed by atoms with Crippen LogP contribution >= 0.6 is 0 Å². The van der Waals surface area contributed by atoms with Crippen molar-refractivity contribution in [1.82, 2.24) is 15.2 Å². The third-order valence-electron chi connectivity index (χ3n) is 5.40. The first kappa shape index (κ1) is 13.5. The predicted octanol–water partition coefficient (Wildman–Crippen LogP) is 2.53. The van der Waals surface area contributed by atoms with Crippen LogP contribution in [0.2, 0.25) is 0 Å². The summed E-state index contributed by atoms with van der Waals surface area (Å²) < 4.78 is 5.82. The molecule has 1 amide bonds. The van der Waals surface area contributed by atoms with Crippen molar-refractivity contribution in [3.8, 4) is 0 Å². The fourth-order valence-electron chi connectivity index (χ4n) is 4.02. The summed E-state index contributed by atoms with van der Waals surface area (Å²) >= 11 is 0. The predicted molar refractivity (Wildman–Crippen MR) is 86.4 cm³/mol. The average molecular weight is 311 g/mol. The molecule has 0 spiro atoms. The molecule has 3 atom stereocenters. The topological polar surface area (TPSA) is 58.4 Å². The zero-order valence-electron chi connectivity index (χ0n) is 13.1. The molecule has 120 valence electrons. The SMILES string of the molecule is O=C(NC1CC2CCN(C2)C1)c1ccc2nc(C3CC3)oc2c1. The van der Waals surface area contributed by atoms with Crippen LogP contribution in [0.4, 0.5) is 0 Å². The molecule has 5 heteroatoms. The van der Waals surface area contributed by atoms with E-state index in [1.807, 2.05) is 18.2 Å². The van der Waals surface area contributed by atoms with Crippen LogP contribution in [0.15, 0.2) is 22.6 Å². The Labute approximate surface area is 135 Å². The smallest absolute Gasteiger partial charge is 0.251 e. The Bertz CT molecular complexity index is 753.